The Kier molecular flexibility index (Phi) is 5.17. The van der Waals surface area contributed by atoms with Crippen LogP contribution in [0.4, 0.5) is 0 Å². The van der Waals surface area contributed by atoms with Crippen molar-refractivity contribution in [3.05, 3.63) is 105 Å². The van der Waals surface area contributed by atoms with Crippen LogP contribution in [0.2, 0.25) is 10.0 Å². The molecule has 4 aromatic carbocycles. The van der Waals surface area contributed by atoms with Gasteiger partial charge in [-0.2, -0.15) is 0 Å². The topological polar surface area (TPSA) is 34.1 Å². The first-order valence-electron chi connectivity index (χ1n) is 11.4. The second-order valence-electron chi connectivity index (χ2n) is 8.92. The first kappa shape index (κ1) is 21.3. The average molecular weight is 483 g/mol. The minimum atomic E-state index is 0.209. The summed E-state index contributed by atoms with van der Waals surface area (Å²) in [5, 5.41) is 1.26. The number of carbonyl (C=O) groups is 2. The fraction of sp³-hybridized carbons (Fsp3) is 0.133. The number of benzene rings is 4. The first-order valence-corrected chi connectivity index (χ1v) is 12.2. The molecule has 0 saturated carbocycles. The Morgan fingerprint density at radius 1 is 0.471 bits per heavy atom. The van der Waals surface area contributed by atoms with Gasteiger partial charge < -0.3 is 0 Å². The number of hydrogen-bond donors (Lipinski definition) is 0. The zero-order valence-electron chi connectivity index (χ0n) is 18.3. The minimum absolute atomic E-state index is 0.209. The molecule has 2 aliphatic rings. The summed E-state index contributed by atoms with van der Waals surface area (Å²) in [5.41, 5.74) is 9.35. The molecule has 0 fully saturated rings. The van der Waals surface area contributed by atoms with Crippen molar-refractivity contribution in [3.63, 3.8) is 0 Å². The number of fused-ring (bicyclic) bond motifs is 2. The maximum absolute atomic E-state index is 12.0. The van der Waals surface area contributed by atoms with Crippen molar-refractivity contribution in [2.75, 3.05) is 0 Å². The molecule has 0 N–H and O–H groups in total. The van der Waals surface area contributed by atoms with E-state index in [1.54, 1.807) is 0 Å². The van der Waals surface area contributed by atoms with Gasteiger partial charge in [-0.25, -0.2) is 0 Å². The van der Waals surface area contributed by atoms with E-state index in [-0.39, 0.29) is 11.6 Å². The minimum Gasteiger partial charge on any atom is -0.294 e. The summed E-state index contributed by atoms with van der Waals surface area (Å²) in [4.78, 5) is 24.1. The molecule has 0 heterocycles. The number of carbonyl (C=O) groups excluding carboxylic acids is 2. The summed E-state index contributed by atoms with van der Waals surface area (Å²) in [5.74, 6) is 0.418. The molecule has 0 spiro atoms. The molecule has 4 aromatic rings. The molecule has 0 aromatic heterocycles. The second-order valence-corrected chi connectivity index (χ2v) is 9.68. The van der Waals surface area contributed by atoms with E-state index in [1.165, 1.54) is 0 Å². The SMILES string of the molecule is O=C1CCc2cc(-c3cccc(-c4cccc(-c5ccc6c(c5)CCC6=O)c4Cl)c3Cl)ccc21. The molecule has 2 nitrogen and oxygen atoms in total. The highest BCUT2D eigenvalue weighted by Gasteiger charge is 2.22. The lowest BCUT2D eigenvalue weighted by atomic mass is 9.94. The molecular weight excluding hydrogens is 463 g/mol. The van der Waals surface area contributed by atoms with Crippen molar-refractivity contribution in [1.82, 2.24) is 0 Å². The zero-order chi connectivity index (χ0) is 23.4. The van der Waals surface area contributed by atoms with E-state index in [4.69, 9.17) is 23.2 Å². The lowest BCUT2D eigenvalue weighted by molar-refractivity contribution is 0.0986. The van der Waals surface area contributed by atoms with Gasteiger partial charge in [-0.15, -0.1) is 0 Å². The first-order chi connectivity index (χ1) is 16.5. The molecule has 2 aliphatic carbocycles. The lowest BCUT2D eigenvalue weighted by Crippen LogP contribution is -1.93. The van der Waals surface area contributed by atoms with Crippen LogP contribution in [0.15, 0.2) is 72.8 Å². The van der Waals surface area contributed by atoms with Gasteiger partial charge in [0, 0.05) is 46.2 Å². The third kappa shape index (κ3) is 3.41. The number of rotatable bonds is 3. The quantitative estimate of drug-likeness (QED) is 0.294. The number of hydrogen-bond acceptors (Lipinski definition) is 2. The molecule has 166 valence electrons. The van der Waals surface area contributed by atoms with Crippen molar-refractivity contribution in [2.45, 2.75) is 25.7 Å². The smallest absolute Gasteiger partial charge is 0.163 e. The van der Waals surface area contributed by atoms with E-state index in [0.29, 0.717) is 22.9 Å². The van der Waals surface area contributed by atoms with Gasteiger partial charge in [0.25, 0.3) is 0 Å². The van der Waals surface area contributed by atoms with Crippen LogP contribution < -0.4 is 0 Å². The van der Waals surface area contributed by atoms with E-state index < -0.39 is 0 Å². The van der Waals surface area contributed by atoms with Crippen LogP contribution in [0, 0.1) is 0 Å². The molecule has 6 rings (SSSR count). The summed E-state index contributed by atoms with van der Waals surface area (Å²) in [6.07, 6.45) is 2.71. The Bertz CT molecular complexity index is 1400. The summed E-state index contributed by atoms with van der Waals surface area (Å²) < 4.78 is 0. The monoisotopic (exact) mass is 482 g/mol. The van der Waals surface area contributed by atoms with Gasteiger partial charge in [-0.05, 0) is 35.1 Å². The van der Waals surface area contributed by atoms with Gasteiger partial charge in [0.1, 0.15) is 0 Å². The molecule has 0 atom stereocenters. The van der Waals surface area contributed by atoms with E-state index in [1.807, 2.05) is 60.7 Å². The molecule has 4 heteroatoms. The predicted molar refractivity (Wildman–Crippen MR) is 138 cm³/mol. The third-order valence-corrected chi connectivity index (χ3v) is 7.78. The van der Waals surface area contributed by atoms with Crippen LogP contribution >= 0.6 is 23.2 Å². The Hall–Kier alpha value is -3.20. The molecular formula is C30H20Cl2O2. The zero-order valence-corrected chi connectivity index (χ0v) is 19.8. The van der Waals surface area contributed by atoms with Crippen molar-refractivity contribution in [1.29, 1.82) is 0 Å². The highest BCUT2D eigenvalue weighted by atomic mass is 35.5. The Labute approximate surface area is 208 Å². The largest absolute Gasteiger partial charge is 0.294 e. The van der Waals surface area contributed by atoms with E-state index in [0.717, 1.165) is 68.5 Å². The fourth-order valence-corrected chi connectivity index (χ4v) is 5.85. The number of Topliss-reactive ketones (excluding diaryl/α,β-unsaturated/α-hetero) is 2. The number of halogens is 2. The Balaban J connectivity index is 1.43. The molecule has 34 heavy (non-hydrogen) atoms. The van der Waals surface area contributed by atoms with Gasteiger partial charge in [-0.1, -0.05) is 96.0 Å². The maximum atomic E-state index is 12.0. The van der Waals surface area contributed by atoms with Gasteiger partial charge in [0.05, 0.1) is 10.0 Å². The summed E-state index contributed by atoms with van der Waals surface area (Å²) >= 11 is 13.9. The highest BCUT2D eigenvalue weighted by Crippen LogP contribution is 2.43. The normalized spacial score (nSPS) is 14.4. The van der Waals surface area contributed by atoms with Gasteiger partial charge in [0.2, 0.25) is 0 Å². The number of aryl methyl sites for hydroxylation is 2. The van der Waals surface area contributed by atoms with Gasteiger partial charge in [-0.3, -0.25) is 9.59 Å². The predicted octanol–water partition coefficient (Wildman–Crippen LogP) is 8.25. The van der Waals surface area contributed by atoms with Crippen LogP contribution in [0.5, 0.6) is 0 Å². The van der Waals surface area contributed by atoms with Gasteiger partial charge >= 0.3 is 0 Å². The average Bonchev–Trinajstić information content (AvgIpc) is 3.41. The molecule has 0 radical (unpaired) electrons. The van der Waals surface area contributed by atoms with Crippen LogP contribution in [-0.2, 0) is 12.8 Å². The molecule has 0 aliphatic heterocycles. The van der Waals surface area contributed by atoms with Crippen molar-refractivity contribution >= 4 is 34.8 Å². The van der Waals surface area contributed by atoms with E-state index in [2.05, 4.69) is 12.1 Å². The maximum Gasteiger partial charge on any atom is 0.163 e. The third-order valence-electron chi connectivity index (χ3n) is 6.96. The lowest BCUT2D eigenvalue weighted by Gasteiger charge is -2.15. The Morgan fingerprint density at radius 3 is 1.32 bits per heavy atom. The summed E-state index contributed by atoms with van der Waals surface area (Å²) in [7, 11) is 0. The van der Waals surface area contributed by atoms with Crippen molar-refractivity contribution in [3.8, 4) is 33.4 Å². The van der Waals surface area contributed by atoms with Crippen LogP contribution in [-0.4, -0.2) is 11.6 Å². The highest BCUT2D eigenvalue weighted by molar-refractivity contribution is 6.39. The second kappa shape index (κ2) is 8.23. The van der Waals surface area contributed by atoms with Crippen LogP contribution in [0.1, 0.15) is 44.7 Å². The van der Waals surface area contributed by atoms with Crippen molar-refractivity contribution < 1.29 is 9.59 Å². The standard InChI is InChI=1S/C30H20Cl2O2/c31-29-23(19-7-11-21-17(15-19)9-13-27(21)33)3-1-5-25(29)26-6-2-4-24(30(26)32)20-8-12-22-18(16-20)10-14-28(22)34/h1-8,11-12,15-16H,9-10,13-14H2. The summed E-state index contributed by atoms with van der Waals surface area (Å²) in [6, 6.07) is 23.9. The fourth-order valence-electron chi connectivity index (χ4n) is 5.17. The van der Waals surface area contributed by atoms with Crippen LogP contribution in [0.3, 0.4) is 0 Å². The van der Waals surface area contributed by atoms with E-state index in [9.17, 15) is 9.59 Å². The summed E-state index contributed by atoms with van der Waals surface area (Å²) in [6.45, 7) is 0. The number of ketones is 2. The molecule has 0 bridgehead atoms. The Morgan fingerprint density at radius 2 is 0.882 bits per heavy atom. The van der Waals surface area contributed by atoms with Gasteiger partial charge in [0.15, 0.2) is 11.6 Å². The molecule has 0 amide bonds. The van der Waals surface area contributed by atoms with E-state index >= 15 is 0 Å². The van der Waals surface area contributed by atoms with Crippen LogP contribution in [0.25, 0.3) is 33.4 Å². The van der Waals surface area contributed by atoms with Crippen molar-refractivity contribution in [2.24, 2.45) is 0 Å². The molecule has 0 unspecified atom stereocenters. The molecule has 0 saturated heterocycles.